The van der Waals surface area contributed by atoms with E-state index in [2.05, 4.69) is 4.98 Å². The summed E-state index contributed by atoms with van der Waals surface area (Å²) in [5, 5.41) is 0. The Morgan fingerprint density at radius 1 is 1.00 bits per heavy atom. The molecular formula is C19H22N4O3. The third-order valence-corrected chi connectivity index (χ3v) is 5.43. The van der Waals surface area contributed by atoms with Crippen LogP contribution in [0.4, 0.5) is 0 Å². The molecule has 0 atom stereocenters. The first-order valence-corrected chi connectivity index (χ1v) is 9.19. The molecule has 2 aromatic rings. The van der Waals surface area contributed by atoms with Crippen LogP contribution in [0.2, 0.25) is 0 Å². The minimum atomic E-state index is -0.356. The summed E-state index contributed by atoms with van der Waals surface area (Å²) >= 11 is 0. The molecule has 2 fully saturated rings. The van der Waals surface area contributed by atoms with E-state index in [0.717, 1.165) is 25.7 Å². The van der Waals surface area contributed by atoms with Crippen LogP contribution >= 0.6 is 0 Å². The molecular weight excluding hydrogens is 332 g/mol. The van der Waals surface area contributed by atoms with Crippen LogP contribution in [-0.2, 0) is 4.79 Å². The van der Waals surface area contributed by atoms with Crippen LogP contribution in [0.3, 0.4) is 0 Å². The lowest BCUT2D eigenvalue weighted by molar-refractivity contribution is -0.136. The number of aromatic nitrogens is 2. The van der Waals surface area contributed by atoms with E-state index in [-0.39, 0.29) is 28.9 Å². The van der Waals surface area contributed by atoms with Gasteiger partial charge in [-0.3, -0.25) is 18.8 Å². The van der Waals surface area contributed by atoms with Gasteiger partial charge in [0.05, 0.1) is 0 Å². The second-order valence-corrected chi connectivity index (χ2v) is 7.00. The van der Waals surface area contributed by atoms with Gasteiger partial charge in [-0.2, -0.15) is 0 Å². The van der Waals surface area contributed by atoms with Gasteiger partial charge in [-0.15, -0.1) is 0 Å². The number of amides is 2. The largest absolute Gasteiger partial charge is 0.339 e. The maximum atomic E-state index is 12.8. The number of hydrogen-bond acceptors (Lipinski definition) is 4. The zero-order valence-electron chi connectivity index (χ0n) is 14.6. The predicted octanol–water partition coefficient (Wildman–Crippen LogP) is 1.17. The van der Waals surface area contributed by atoms with Crippen molar-refractivity contribution in [3.05, 3.63) is 46.5 Å². The quantitative estimate of drug-likeness (QED) is 0.811. The van der Waals surface area contributed by atoms with E-state index >= 15 is 0 Å². The van der Waals surface area contributed by atoms with Gasteiger partial charge in [0, 0.05) is 44.5 Å². The number of pyridine rings is 1. The molecule has 0 aromatic carbocycles. The number of piperazine rings is 1. The number of hydrogen-bond donors (Lipinski definition) is 0. The van der Waals surface area contributed by atoms with E-state index in [1.165, 1.54) is 10.6 Å². The number of carbonyl (C=O) groups excluding carboxylic acids is 2. The highest BCUT2D eigenvalue weighted by Crippen LogP contribution is 2.27. The molecule has 0 N–H and O–H groups in total. The van der Waals surface area contributed by atoms with E-state index in [0.29, 0.717) is 31.8 Å². The fourth-order valence-electron chi connectivity index (χ4n) is 3.90. The average Bonchev–Trinajstić information content (AvgIpc) is 3.22. The summed E-state index contributed by atoms with van der Waals surface area (Å²) in [6, 6.07) is 5.25. The van der Waals surface area contributed by atoms with Crippen molar-refractivity contribution in [2.45, 2.75) is 25.7 Å². The molecule has 3 heterocycles. The van der Waals surface area contributed by atoms with E-state index in [1.807, 2.05) is 4.90 Å². The summed E-state index contributed by atoms with van der Waals surface area (Å²) in [5.74, 6) is 0.0716. The zero-order chi connectivity index (χ0) is 18.1. The van der Waals surface area contributed by atoms with E-state index in [4.69, 9.17) is 0 Å². The molecule has 0 unspecified atom stereocenters. The smallest absolute Gasteiger partial charge is 0.270 e. The van der Waals surface area contributed by atoms with Crippen molar-refractivity contribution in [1.29, 1.82) is 0 Å². The van der Waals surface area contributed by atoms with Gasteiger partial charge in [0.15, 0.2) is 0 Å². The van der Waals surface area contributed by atoms with Crippen molar-refractivity contribution in [3.8, 4) is 0 Å². The van der Waals surface area contributed by atoms with E-state index in [1.54, 1.807) is 29.3 Å². The van der Waals surface area contributed by atoms with Gasteiger partial charge in [0.1, 0.15) is 11.2 Å². The molecule has 1 aliphatic carbocycles. The summed E-state index contributed by atoms with van der Waals surface area (Å²) in [7, 11) is 0. The Morgan fingerprint density at radius 2 is 1.69 bits per heavy atom. The van der Waals surface area contributed by atoms with Crippen molar-refractivity contribution < 1.29 is 9.59 Å². The van der Waals surface area contributed by atoms with Crippen molar-refractivity contribution in [1.82, 2.24) is 19.2 Å². The Morgan fingerprint density at radius 3 is 2.42 bits per heavy atom. The first-order chi connectivity index (χ1) is 12.6. The van der Waals surface area contributed by atoms with Gasteiger partial charge >= 0.3 is 0 Å². The third-order valence-electron chi connectivity index (χ3n) is 5.43. The molecule has 2 amide bonds. The second kappa shape index (κ2) is 6.90. The molecule has 2 aliphatic rings. The van der Waals surface area contributed by atoms with Gasteiger partial charge < -0.3 is 9.80 Å². The minimum Gasteiger partial charge on any atom is -0.339 e. The van der Waals surface area contributed by atoms with E-state index in [9.17, 15) is 14.4 Å². The lowest BCUT2D eigenvalue weighted by Gasteiger charge is -2.35. The van der Waals surface area contributed by atoms with Crippen LogP contribution in [0.15, 0.2) is 35.4 Å². The SMILES string of the molecule is O=C(c1cnc2ccccn2c1=O)N1CCN(C(=O)C2CCCC2)CC1. The molecule has 0 bridgehead atoms. The van der Waals surface area contributed by atoms with Crippen molar-refractivity contribution in [3.63, 3.8) is 0 Å². The highest BCUT2D eigenvalue weighted by Gasteiger charge is 2.31. The summed E-state index contributed by atoms with van der Waals surface area (Å²) in [5.41, 5.74) is 0.232. The molecule has 7 heteroatoms. The second-order valence-electron chi connectivity index (χ2n) is 7.00. The average molecular weight is 354 g/mol. The molecule has 136 valence electrons. The Kier molecular flexibility index (Phi) is 4.44. The van der Waals surface area contributed by atoms with Gasteiger partial charge in [-0.25, -0.2) is 4.98 Å². The number of fused-ring (bicyclic) bond motifs is 1. The fourth-order valence-corrected chi connectivity index (χ4v) is 3.90. The molecule has 7 nitrogen and oxygen atoms in total. The van der Waals surface area contributed by atoms with Crippen molar-refractivity contribution in [2.24, 2.45) is 5.92 Å². The Bertz CT molecular complexity index is 893. The van der Waals surface area contributed by atoms with Crippen LogP contribution in [0, 0.1) is 5.92 Å². The van der Waals surface area contributed by atoms with Gasteiger partial charge in [-0.1, -0.05) is 18.9 Å². The molecule has 1 saturated heterocycles. The molecule has 26 heavy (non-hydrogen) atoms. The first kappa shape index (κ1) is 16.8. The summed E-state index contributed by atoms with van der Waals surface area (Å²) < 4.78 is 1.38. The number of nitrogens with zero attached hydrogens (tertiary/aromatic N) is 4. The van der Waals surface area contributed by atoms with Crippen LogP contribution in [-0.4, -0.2) is 57.2 Å². The van der Waals surface area contributed by atoms with Crippen LogP contribution in [0.1, 0.15) is 36.0 Å². The maximum Gasteiger partial charge on any atom is 0.270 e. The Labute approximate surface area is 151 Å². The molecule has 0 spiro atoms. The highest BCUT2D eigenvalue weighted by molar-refractivity contribution is 5.94. The first-order valence-electron chi connectivity index (χ1n) is 9.19. The van der Waals surface area contributed by atoms with Crippen molar-refractivity contribution >= 4 is 17.5 Å². The maximum absolute atomic E-state index is 12.8. The fraction of sp³-hybridized carbons (Fsp3) is 0.474. The zero-order valence-corrected chi connectivity index (χ0v) is 14.6. The van der Waals surface area contributed by atoms with Crippen LogP contribution < -0.4 is 5.56 Å². The van der Waals surface area contributed by atoms with Crippen LogP contribution in [0.5, 0.6) is 0 Å². The van der Waals surface area contributed by atoms with Gasteiger partial charge in [0.25, 0.3) is 11.5 Å². The van der Waals surface area contributed by atoms with E-state index < -0.39 is 0 Å². The Balaban J connectivity index is 1.46. The summed E-state index contributed by atoms with van der Waals surface area (Å²) in [6.07, 6.45) is 7.20. The normalized spacial score (nSPS) is 18.5. The molecule has 2 aromatic heterocycles. The molecule has 0 radical (unpaired) electrons. The third kappa shape index (κ3) is 2.98. The van der Waals surface area contributed by atoms with Crippen molar-refractivity contribution in [2.75, 3.05) is 26.2 Å². The Hall–Kier alpha value is -2.70. The molecule has 1 saturated carbocycles. The minimum absolute atomic E-state index is 0.0734. The number of rotatable bonds is 2. The molecule has 1 aliphatic heterocycles. The lowest BCUT2D eigenvalue weighted by atomic mass is 10.1. The van der Waals surface area contributed by atoms with Crippen LogP contribution in [0.25, 0.3) is 5.65 Å². The number of carbonyl (C=O) groups is 2. The van der Waals surface area contributed by atoms with Gasteiger partial charge in [-0.05, 0) is 25.0 Å². The molecule has 4 rings (SSSR count). The van der Waals surface area contributed by atoms with Gasteiger partial charge in [0.2, 0.25) is 5.91 Å². The standard InChI is InChI=1S/C19H22N4O3/c24-17(14-5-1-2-6-14)21-9-11-22(12-10-21)18(25)15-13-20-16-7-3-4-8-23(16)19(15)26/h3-4,7-8,13-14H,1-2,5-6,9-12H2. The topological polar surface area (TPSA) is 75.0 Å². The summed E-state index contributed by atoms with van der Waals surface area (Å²) in [6.45, 7) is 1.97. The highest BCUT2D eigenvalue weighted by atomic mass is 16.2. The monoisotopic (exact) mass is 354 g/mol. The lowest BCUT2D eigenvalue weighted by Crippen LogP contribution is -2.52. The predicted molar refractivity (Wildman–Crippen MR) is 95.9 cm³/mol. The summed E-state index contributed by atoms with van der Waals surface area (Å²) in [4.78, 5) is 45.6.